The van der Waals surface area contributed by atoms with Crippen molar-refractivity contribution in [3.63, 3.8) is 0 Å². The molecule has 11 heavy (non-hydrogen) atoms. The number of nitrogens with one attached hydrogen (secondary N) is 1. The third kappa shape index (κ3) is 4.79. The molecule has 0 fully saturated rings. The van der Waals surface area contributed by atoms with Crippen LogP contribution < -0.4 is 5.32 Å². The minimum absolute atomic E-state index is 0.767. The van der Waals surface area contributed by atoms with Gasteiger partial charge in [0.1, 0.15) is 0 Å². The molecule has 0 saturated heterocycles. The van der Waals surface area contributed by atoms with E-state index in [1.54, 1.807) is 0 Å². The summed E-state index contributed by atoms with van der Waals surface area (Å²) in [6.07, 6.45) is 0. The zero-order chi connectivity index (χ0) is 8.85. The van der Waals surface area contributed by atoms with Gasteiger partial charge >= 0.3 is 0 Å². The van der Waals surface area contributed by atoms with E-state index >= 15 is 0 Å². The fourth-order valence-corrected chi connectivity index (χ4v) is 0.706. The molecule has 64 valence electrons. The minimum Gasteiger partial charge on any atom is -0.359 e. The molecular formula is C8H16N2S. The molecule has 0 radical (unpaired) electrons. The molecule has 0 aliphatic heterocycles. The van der Waals surface area contributed by atoms with Crippen LogP contribution in [0.4, 0.5) is 0 Å². The van der Waals surface area contributed by atoms with Crippen molar-refractivity contribution in [3.8, 4) is 0 Å². The van der Waals surface area contributed by atoms with Crippen molar-refractivity contribution in [1.29, 1.82) is 0 Å². The van der Waals surface area contributed by atoms with Gasteiger partial charge in [0.05, 0.1) is 0 Å². The molecule has 2 nitrogen and oxygen atoms in total. The van der Waals surface area contributed by atoms with Gasteiger partial charge in [-0.2, -0.15) is 0 Å². The average molecular weight is 172 g/mol. The maximum absolute atomic E-state index is 5.07. The number of rotatable bonds is 3. The third-order valence-corrected chi connectivity index (χ3v) is 1.82. The predicted molar refractivity (Wildman–Crippen MR) is 53.7 cm³/mol. The lowest BCUT2D eigenvalue weighted by Gasteiger charge is -2.18. The summed E-state index contributed by atoms with van der Waals surface area (Å²) in [5.41, 5.74) is 1.09. The highest BCUT2D eigenvalue weighted by molar-refractivity contribution is 7.80. The molecule has 0 amide bonds. The Hall–Kier alpha value is -0.570. The van der Waals surface area contributed by atoms with Crippen LogP contribution in [0.2, 0.25) is 0 Å². The topological polar surface area (TPSA) is 15.3 Å². The summed E-state index contributed by atoms with van der Waals surface area (Å²) in [5, 5.41) is 3.88. The van der Waals surface area contributed by atoms with Gasteiger partial charge in [0.25, 0.3) is 0 Å². The Morgan fingerprint density at radius 2 is 2.18 bits per heavy atom. The van der Waals surface area contributed by atoms with Crippen LogP contribution in [0.5, 0.6) is 0 Å². The number of hydrogen-bond acceptors (Lipinski definition) is 1. The first-order valence-corrected chi connectivity index (χ1v) is 4.12. The van der Waals surface area contributed by atoms with Gasteiger partial charge < -0.3 is 10.2 Å². The first-order chi connectivity index (χ1) is 5.07. The second-order valence-electron chi connectivity index (χ2n) is 2.63. The molecule has 0 rings (SSSR count). The Morgan fingerprint density at radius 1 is 1.64 bits per heavy atom. The van der Waals surface area contributed by atoms with E-state index in [0.29, 0.717) is 0 Å². The van der Waals surface area contributed by atoms with E-state index in [1.165, 1.54) is 0 Å². The van der Waals surface area contributed by atoms with Crippen molar-refractivity contribution in [1.82, 2.24) is 10.2 Å². The van der Waals surface area contributed by atoms with E-state index in [-0.39, 0.29) is 0 Å². The maximum Gasteiger partial charge on any atom is 0.168 e. The van der Waals surface area contributed by atoms with Crippen LogP contribution in [0.25, 0.3) is 0 Å². The largest absolute Gasteiger partial charge is 0.359 e. The van der Waals surface area contributed by atoms with Crippen LogP contribution in [0.3, 0.4) is 0 Å². The van der Waals surface area contributed by atoms with Crippen LogP contribution in [-0.2, 0) is 0 Å². The number of nitrogens with zero attached hydrogens (tertiary/aromatic N) is 1. The van der Waals surface area contributed by atoms with Crippen molar-refractivity contribution in [2.75, 3.05) is 20.1 Å². The van der Waals surface area contributed by atoms with E-state index in [4.69, 9.17) is 12.2 Å². The fourth-order valence-electron chi connectivity index (χ4n) is 0.505. The Labute approximate surface area is 74.3 Å². The van der Waals surface area contributed by atoms with E-state index in [2.05, 4.69) is 18.8 Å². The summed E-state index contributed by atoms with van der Waals surface area (Å²) in [5.74, 6) is 0. The molecule has 0 aliphatic carbocycles. The Morgan fingerprint density at radius 3 is 2.55 bits per heavy atom. The lowest BCUT2D eigenvalue weighted by molar-refractivity contribution is 0.525. The quantitative estimate of drug-likeness (QED) is 0.511. The molecule has 0 aliphatic rings. The summed E-state index contributed by atoms with van der Waals surface area (Å²) in [7, 11) is 1.97. The van der Waals surface area contributed by atoms with Crippen molar-refractivity contribution in [2.45, 2.75) is 13.8 Å². The van der Waals surface area contributed by atoms with Crippen molar-refractivity contribution < 1.29 is 0 Å². The Bertz CT molecular complexity index is 154. The lowest BCUT2D eigenvalue weighted by atomic mass is 10.3. The van der Waals surface area contributed by atoms with Crippen molar-refractivity contribution >= 4 is 17.3 Å². The van der Waals surface area contributed by atoms with Gasteiger partial charge in [-0.1, -0.05) is 12.2 Å². The zero-order valence-electron chi connectivity index (χ0n) is 7.48. The van der Waals surface area contributed by atoms with Gasteiger partial charge in [0.2, 0.25) is 0 Å². The monoisotopic (exact) mass is 172 g/mol. The van der Waals surface area contributed by atoms with E-state index in [1.807, 2.05) is 18.9 Å². The first-order valence-electron chi connectivity index (χ1n) is 3.71. The highest BCUT2D eigenvalue weighted by Gasteiger charge is 1.98. The summed E-state index contributed by atoms with van der Waals surface area (Å²) in [6.45, 7) is 9.51. The lowest BCUT2D eigenvalue weighted by Crippen LogP contribution is -2.37. The first kappa shape index (κ1) is 10.4. The van der Waals surface area contributed by atoms with Crippen molar-refractivity contribution in [2.24, 2.45) is 0 Å². The van der Waals surface area contributed by atoms with Crippen molar-refractivity contribution in [3.05, 3.63) is 12.2 Å². The maximum atomic E-state index is 5.07. The second kappa shape index (κ2) is 5.13. The highest BCUT2D eigenvalue weighted by atomic mass is 32.1. The molecule has 0 saturated carbocycles. The Balaban J connectivity index is 3.60. The summed E-state index contributed by atoms with van der Waals surface area (Å²) in [6, 6.07) is 0. The van der Waals surface area contributed by atoms with Crippen LogP contribution >= 0.6 is 12.2 Å². The van der Waals surface area contributed by atoms with E-state index in [9.17, 15) is 0 Å². The Kier molecular flexibility index (Phi) is 4.86. The van der Waals surface area contributed by atoms with Gasteiger partial charge in [-0.25, -0.2) is 0 Å². The standard InChI is InChI=1S/C8H16N2S/c1-5-10(4)8(11)9-6-7(2)3/h2,5-6H2,1,3-4H3,(H,9,11). The molecule has 0 atom stereocenters. The smallest absolute Gasteiger partial charge is 0.168 e. The molecule has 0 heterocycles. The molecule has 0 aromatic rings. The minimum atomic E-state index is 0.767. The molecule has 0 spiro atoms. The molecule has 3 heteroatoms. The summed E-state index contributed by atoms with van der Waals surface area (Å²) >= 11 is 5.07. The molecule has 0 bridgehead atoms. The average Bonchev–Trinajstić information content (AvgIpc) is 1.98. The van der Waals surface area contributed by atoms with Gasteiger partial charge in [-0.3, -0.25) is 0 Å². The van der Waals surface area contributed by atoms with Crippen LogP contribution in [0.15, 0.2) is 12.2 Å². The van der Waals surface area contributed by atoms with E-state index in [0.717, 1.165) is 23.8 Å². The number of hydrogen-bond donors (Lipinski definition) is 1. The zero-order valence-corrected chi connectivity index (χ0v) is 8.29. The molecule has 1 N–H and O–H groups in total. The van der Waals surface area contributed by atoms with Crippen LogP contribution in [0, 0.1) is 0 Å². The highest BCUT2D eigenvalue weighted by Crippen LogP contribution is 1.86. The SMILES string of the molecule is C=C(C)CNC(=S)N(C)CC. The number of thiocarbonyl (C=S) groups is 1. The second-order valence-corrected chi connectivity index (χ2v) is 3.02. The molecular weight excluding hydrogens is 156 g/mol. The molecule has 0 aromatic carbocycles. The van der Waals surface area contributed by atoms with Gasteiger partial charge in [0.15, 0.2) is 5.11 Å². The van der Waals surface area contributed by atoms with E-state index < -0.39 is 0 Å². The van der Waals surface area contributed by atoms with Gasteiger partial charge in [-0.15, -0.1) is 0 Å². The predicted octanol–water partition coefficient (Wildman–Crippen LogP) is 1.39. The fraction of sp³-hybridized carbons (Fsp3) is 0.625. The van der Waals surface area contributed by atoms with Crippen LogP contribution in [0.1, 0.15) is 13.8 Å². The van der Waals surface area contributed by atoms with Gasteiger partial charge in [-0.05, 0) is 26.1 Å². The molecule has 0 aromatic heterocycles. The van der Waals surface area contributed by atoms with Gasteiger partial charge in [0, 0.05) is 20.1 Å². The van der Waals surface area contributed by atoms with Crippen LogP contribution in [-0.4, -0.2) is 30.1 Å². The normalized spacial score (nSPS) is 9.00. The third-order valence-electron chi connectivity index (χ3n) is 1.36. The summed E-state index contributed by atoms with van der Waals surface area (Å²) < 4.78 is 0. The molecule has 0 unspecified atom stereocenters. The summed E-state index contributed by atoms with van der Waals surface area (Å²) in [4.78, 5) is 1.98.